The molecule has 47 heavy (non-hydrogen) atoms. The summed E-state index contributed by atoms with van der Waals surface area (Å²) >= 11 is 2.78. The fourth-order valence-electron chi connectivity index (χ4n) is 6.57. The molecule has 0 aliphatic carbocycles. The van der Waals surface area contributed by atoms with Crippen LogP contribution in [0.4, 0.5) is 0 Å². The fourth-order valence-corrected chi connectivity index (χ4v) is 9.81. The number of β-lactam (4-membered cyclic amide) rings is 2. The second-order valence-electron chi connectivity index (χ2n) is 13.0. The third-order valence-electron chi connectivity index (χ3n) is 8.78. The van der Waals surface area contributed by atoms with E-state index in [9.17, 15) is 28.8 Å². The smallest absolute Gasteiger partial charge is 0.333 e. The van der Waals surface area contributed by atoms with Crippen LogP contribution in [-0.4, -0.2) is 96.6 Å². The van der Waals surface area contributed by atoms with Crippen molar-refractivity contribution in [3.63, 3.8) is 0 Å². The van der Waals surface area contributed by atoms with Gasteiger partial charge in [0.25, 0.3) is 0 Å². The third kappa shape index (κ3) is 6.20. The molecule has 4 amide bonds. The molecule has 0 spiro atoms. The Labute approximate surface area is 280 Å². The van der Waals surface area contributed by atoms with Crippen molar-refractivity contribution in [2.45, 2.75) is 84.9 Å². The Bertz CT molecular complexity index is 1490. The fraction of sp³-hybridized carbons (Fsp3) is 0.455. The standard InChI is InChI=1S/C33H36N4O8S2/c1-32(2)24(36-26(40)22(28(36)46-32)34-20(38)15-18-11-7-5-8-12-18)30(42)44-17-45-31(43)25-33(3,4)47-29-23(27(41)37(25)29)35-21(39)16-19-13-9-6-10-14-19/h5-14,22-25,28-29H,15-17H2,1-4H3,(H,34,38)(H,35,39)/t22-,23+,24-,25-,28+,29+/m0/s1. The molecule has 0 radical (unpaired) electrons. The van der Waals surface area contributed by atoms with E-state index in [2.05, 4.69) is 10.6 Å². The highest BCUT2D eigenvalue weighted by Crippen LogP contribution is 2.52. The molecule has 12 nitrogen and oxygen atoms in total. The zero-order valence-electron chi connectivity index (χ0n) is 26.3. The largest absolute Gasteiger partial charge is 0.426 e. The van der Waals surface area contributed by atoms with Crippen molar-refractivity contribution in [3.05, 3.63) is 71.8 Å². The first-order valence-electron chi connectivity index (χ1n) is 15.3. The van der Waals surface area contributed by atoms with Crippen LogP contribution in [0.5, 0.6) is 0 Å². The number of hydrogen-bond donors (Lipinski definition) is 2. The van der Waals surface area contributed by atoms with Crippen LogP contribution in [0.15, 0.2) is 60.7 Å². The Morgan fingerprint density at radius 3 is 1.38 bits per heavy atom. The Morgan fingerprint density at radius 1 is 0.660 bits per heavy atom. The second-order valence-corrected chi connectivity index (χ2v) is 16.5. The first-order chi connectivity index (χ1) is 22.3. The number of benzene rings is 2. The minimum atomic E-state index is -0.953. The van der Waals surface area contributed by atoms with Gasteiger partial charge in [-0.25, -0.2) is 9.59 Å². The summed E-state index contributed by atoms with van der Waals surface area (Å²) in [6.45, 7) is 6.56. The lowest BCUT2D eigenvalue weighted by molar-refractivity contribution is -0.181. The first kappa shape index (κ1) is 32.9. The zero-order valence-corrected chi connectivity index (χ0v) is 28.0. The van der Waals surface area contributed by atoms with Crippen LogP contribution in [0.2, 0.25) is 0 Å². The predicted molar refractivity (Wildman–Crippen MR) is 173 cm³/mol. The van der Waals surface area contributed by atoms with Crippen LogP contribution in [0.3, 0.4) is 0 Å². The average molecular weight is 681 g/mol. The van der Waals surface area contributed by atoms with Gasteiger partial charge in [0.2, 0.25) is 30.4 Å². The molecule has 6 rings (SSSR count). The quantitative estimate of drug-likeness (QED) is 0.215. The number of nitrogens with zero attached hydrogens (tertiary/aromatic N) is 2. The summed E-state index contributed by atoms with van der Waals surface area (Å²) in [6, 6.07) is 14.9. The van der Waals surface area contributed by atoms with Gasteiger partial charge in [0.05, 0.1) is 12.8 Å². The number of amides is 4. The van der Waals surface area contributed by atoms with E-state index in [4.69, 9.17) is 9.47 Å². The van der Waals surface area contributed by atoms with Crippen molar-refractivity contribution >= 4 is 59.1 Å². The van der Waals surface area contributed by atoms with Gasteiger partial charge in [0.1, 0.15) is 34.9 Å². The number of rotatable bonds is 10. The number of esters is 2. The molecule has 14 heteroatoms. The molecule has 4 aliphatic heterocycles. The maximum absolute atomic E-state index is 13.2. The van der Waals surface area contributed by atoms with Crippen LogP contribution >= 0.6 is 23.5 Å². The number of fused-ring (bicyclic) bond motifs is 2. The highest BCUT2D eigenvalue weighted by atomic mass is 32.2. The second kappa shape index (κ2) is 12.5. The summed E-state index contributed by atoms with van der Waals surface area (Å²) in [6.07, 6.45) is 0.262. The van der Waals surface area contributed by atoms with Crippen LogP contribution < -0.4 is 10.6 Å². The number of nitrogens with one attached hydrogen (secondary N) is 2. The van der Waals surface area contributed by atoms with Crippen molar-refractivity contribution in [3.8, 4) is 0 Å². The van der Waals surface area contributed by atoms with Gasteiger partial charge in [0, 0.05) is 9.49 Å². The van der Waals surface area contributed by atoms with Crippen molar-refractivity contribution in [1.29, 1.82) is 0 Å². The van der Waals surface area contributed by atoms with Gasteiger partial charge < -0.3 is 29.9 Å². The van der Waals surface area contributed by atoms with E-state index in [0.29, 0.717) is 0 Å². The molecule has 2 N–H and O–H groups in total. The number of carbonyl (C=O) groups excluding carboxylic acids is 6. The topological polar surface area (TPSA) is 151 Å². The van der Waals surface area contributed by atoms with Gasteiger partial charge >= 0.3 is 11.9 Å². The van der Waals surface area contributed by atoms with Crippen molar-refractivity contribution in [2.75, 3.05) is 6.79 Å². The van der Waals surface area contributed by atoms with E-state index >= 15 is 0 Å². The van der Waals surface area contributed by atoms with Gasteiger partial charge in [-0.2, -0.15) is 0 Å². The van der Waals surface area contributed by atoms with Gasteiger partial charge in [0.15, 0.2) is 0 Å². The van der Waals surface area contributed by atoms with Crippen LogP contribution in [0.1, 0.15) is 38.8 Å². The summed E-state index contributed by atoms with van der Waals surface area (Å²) in [4.78, 5) is 80.7. The van der Waals surface area contributed by atoms with Crippen molar-refractivity contribution in [1.82, 2.24) is 20.4 Å². The minimum Gasteiger partial charge on any atom is -0.426 e. The van der Waals surface area contributed by atoms with E-state index in [0.717, 1.165) is 11.1 Å². The van der Waals surface area contributed by atoms with Gasteiger partial charge in [-0.1, -0.05) is 60.7 Å². The van der Waals surface area contributed by atoms with E-state index in [1.165, 1.54) is 33.3 Å². The molecule has 4 fully saturated rings. The lowest BCUT2D eigenvalue weighted by atomic mass is 9.95. The molecular formula is C33H36N4O8S2. The lowest BCUT2D eigenvalue weighted by Crippen LogP contribution is -2.71. The average Bonchev–Trinajstić information content (AvgIpc) is 3.44. The van der Waals surface area contributed by atoms with Crippen molar-refractivity contribution in [2.24, 2.45) is 0 Å². The molecule has 0 aromatic heterocycles. The summed E-state index contributed by atoms with van der Waals surface area (Å²) in [5, 5.41) is 4.70. The molecular weight excluding hydrogens is 645 g/mol. The molecule has 0 saturated carbocycles. The molecule has 0 unspecified atom stereocenters. The number of hydrogen-bond acceptors (Lipinski definition) is 10. The highest BCUT2D eigenvalue weighted by molar-refractivity contribution is 8.02. The summed E-state index contributed by atoms with van der Waals surface area (Å²) in [5.41, 5.74) is 1.64. The van der Waals surface area contributed by atoms with Crippen molar-refractivity contribution < 1.29 is 38.2 Å². The van der Waals surface area contributed by atoms with Gasteiger partial charge in [-0.15, -0.1) is 23.5 Å². The van der Waals surface area contributed by atoms with Gasteiger partial charge in [-0.3, -0.25) is 19.2 Å². The van der Waals surface area contributed by atoms with Crippen LogP contribution in [-0.2, 0) is 51.1 Å². The van der Waals surface area contributed by atoms with Crippen LogP contribution in [0, 0.1) is 0 Å². The third-order valence-corrected chi connectivity index (χ3v) is 11.9. The normalized spacial score (nSPS) is 27.9. The number of ether oxygens (including phenoxy) is 2. The molecule has 2 aromatic rings. The monoisotopic (exact) mass is 680 g/mol. The molecule has 4 saturated heterocycles. The SMILES string of the molecule is CC1(C)S[C@@H]2[C@H](NC(=O)Cc3ccccc3)C(=O)N2[C@H]1C(=O)OCOC(=O)[C@@H]1N2C(=O)[C@H](NC(=O)Cc3ccccc3)[C@H]2SC1(C)C. The summed E-state index contributed by atoms with van der Waals surface area (Å²) in [5.74, 6) is -2.82. The summed E-state index contributed by atoms with van der Waals surface area (Å²) in [7, 11) is 0. The Morgan fingerprint density at radius 2 is 1.02 bits per heavy atom. The molecule has 248 valence electrons. The van der Waals surface area contributed by atoms with E-state index in [1.54, 1.807) is 0 Å². The van der Waals surface area contributed by atoms with E-state index in [1.807, 2.05) is 88.4 Å². The first-order valence-corrected chi connectivity index (χ1v) is 17.0. The Balaban J connectivity index is 1.00. The maximum Gasteiger partial charge on any atom is 0.333 e. The Hall–Kier alpha value is -4.04. The van der Waals surface area contributed by atoms with Gasteiger partial charge in [-0.05, 0) is 38.8 Å². The molecule has 0 bridgehead atoms. The maximum atomic E-state index is 13.2. The lowest BCUT2D eigenvalue weighted by Gasteiger charge is -2.44. The zero-order chi connectivity index (χ0) is 33.7. The molecule has 2 aromatic carbocycles. The van der Waals surface area contributed by atoms with Crippen LogP contribution in [0.25, 0.3) is 0 Å². The Kier molecular flexibility index (Phi) is 8.77. The highest BCUT2D eigenvalue weighted by Gasteiger charge is 2.66. The minimum absolute atomic E-state index is 0.131. The molecule has 4 aliphatic rings. The predicted octanol–water partition coefficient (Wildman–Crippen LogP) is 1.61. The number of thioether (sulfide) groups is 2. The van der Waals surface area contributed by atoms with E-state index in [-0.39, 0.29) is 36.5 Å². The van der Waals surface area contributed by atoms with E-state index < -0.39 is 63.1 Å². The molecule has 4 heterocycles. The summed E-state index contributed by atoms with van der Waals surface area (Å²) < 4.78 is 9.23. The number of carbonyl (C=O) groups is 6. The molecule has 6 atom stereocenters.